The van der Waals surface area contributed by atoms with E-state index in [9.17, 15) is 19.0 Å². The van der Waals surface area contributed by atoms with Crippen LogP contribution in [0.3, 0.4) is 0 Å². The van der Waals surface area contributed by atoms with E-state index in [-0.39, 0.29) is 32.0 Å². The predicted octanol–water partition coefficient (Wildman–Crippen LogP) is 27.5. The van der Waals surface area contributed by atoms with Gasteiger partial charge in [0.2, 0.25) is 0 Å². The van der Waals surface area contributed by atoms with Crippen LogP contribution < -0.4 is 4.89 Å². The summed E-state index contributed by atoms with van der Waals surface area (Å²) in [5.74, 6) is -0.834. The van der Waals surface area contributed by atoms with Crippen molar-refractivity contribution in [1.29, 1.82) is 0 Å². The van der Waals surface area contributed by atoms with E-state index in [0.29, 0.717) is 17.4 Å². The highest BCUT2D eigenvalue weighted by Crippen LogP contribution is 2.38. The summed E-state index contributed by atoms with van der Waals surface area (Å²) in [6, 6.07) is 0. The number of allylic oxidation sites excluding steroid dienone is 30. The molecule has 0 aromatic heterocycles. The highest BCUT2D eigenvalue weighted by atomic mass is 31.2. The molecule has 0 heterocycles. The van der Waals surface area contributed by atoms with Gasteiger partial charge in [0.05, 0.1) is 27.7 Å². The number of rotatable bonds is 75. The molecular formula is C92H154NO8P. The van der Waals surface area contributed by atoms with Crippen molar-refractivity contribution in [3.05, 3.63) is 182 Å². The van der Waals surface area contributed by atoms with Crippen molar-refractivity contribution in [2.75, 3.05) is 47.5 Å². The molecule has 9 nitrogen and oxygen atoms in total. The minimum absolute atomic E-state index is 0.0374. The summed E-state index contributed by atoms with van der Waals surface area (Å²) in [5.41, 5.74) is 0. The number of ether oxygens (including phenoxy) is 2. The van der Waals surface area contributed by atoms with Crippen LogP contribution in [0, 0.1) is 0 Å². The van der Waals surface area contributed by atoms with Gasteiger partial charge in [-0.05, 0) is 135 Å². The minimum Gasteiger partial charge on any atom is -0.756 e. The average molecular weight is 1430 g/mol. The summed E-state index contributed by atoms with van der Waals surface area (Å²) in [4.78, 5) is 38.2. The molecule has 0 aromatic rings. The molecule has 0 fully saturated rings. The molecule has 580 valence electrons. The third kappa shape index (κ3) is 84.1. The number of esters is 2. The van der Waals surface area contributed by atoms with Crippen LogP contribution in [0.5, 0.6) is 0 Å². The summed E-state index contributed by atoms with van der Waals surface area (Å²) in [5, 5.41) is 0. The van der Waals surface area contributed by atoms with Crippen LogP contribution in [0.15, 0.2) is 182 Å². The van der Waals surface area contributed by atoms with Gasteiger partial charge in [0, 0.05) is 12.8 Å². The van der Waals surface area contributed by atoms with Crippen LogP contribution >= 0.6 is 7.82 Å². The number of hydrogen-bond acceptors (Lipinski definition) is 8. The number of quaternary nitrogens is 1. The summed E-state index contributed by atoms with van der Waals surface area (Å²) in [7, 11) is 1.16. The van der Waals surface area contributed by atoms with Gasteiger partial charge in [-0.15, -0.1) is 0 Å². The monoisotopic (exact) mass is 1430 g/mol. The normalized spacial score (nSPS) is 14.0. The predicted molar refractivity (Wildman–Crippen MR) is 443 cm³/mol. The SMILES string of the molecule is CC/C=C\C/C=C\C/C=C\C/C=C\C/C=C\C/C=C\C/C=C\C/C=C\C/C=C\CCCCCCCCCCCCCC(=O)OC(COC(=O)CCCCCCCCCCCCCCCCCCCCCC/C=C\C/C=C\C/C=C\C/C=C\C/C=C\C/C=C\CC)COP(=O)([O-])OCC[N+](C)(C)C. The fourth-order valence-corrected chi connectivity index (χ4v) is 11.9. The molecule has 2 unspecified atom stereocenters. The molecule has 0 aliphatic rings. The summed E-state index contributed by atoms with van der Waals surface area (Å²) < 4.78 is 34.4. The first kappa shape index (κ1) is 97.1. The first-order chi connectivity index (χ1) is 50.0. The fraction of sp³-hybridized carbons (Fsp3) is 0.652. The number of carbonyl (C=O) groups is 2. The van der Waals surface area contributed by atoms with Crippen molar-refractivity contribution in [1.82, 2.24) is 0 Å². The Hall–Kier alpha value is -4.89. The van der Waals surface area contributed by atoms with Crippen LogP contribution in [0.4, 0.5) is 0 Å². The van der Waals surface area contributed by atoms with E-state index in [1.807, 2.05) is 21.1 Å². The zero-order valence-corrected chi connectivity index (χ0v) is 67.1. The van der Waals surface area contributed by atoms with Gasteiger partial charge in [-0.3, -0.25) is 14.2 Å². The van der Waals surface area contributed by atoms with Crippen molar-refractivity contribution < 1.29 is 42.1 Å². The third-order valence-corrected chi connectivity index (χ3v) is 18.4. The molecule has 0 radical (unpaired) electrons. The van der Waals surface area contributed by atoms with E-state index in [1.165, 1.54) is 161 Å². The Labute approximate surface area is 629 Å². The number of likely N-dealkylation sites (N-methyl/N-ethyl adjacent to an activating group) is 1. The molecule has 0 aromatic carbocycles. The smallest absolute Gasteiger partial charge is 0.306 e. The molecule has 0 aliphatic carbocycles. The number of nitrogens with zero attached hydrogens (tertiary/aromatic N) is 1. The zero-order valence-electron chi connectivity index (χ0n) is 66.2. The summed E-state index contributed by atoms with van der Waals surface area (Å²) >= 11 is 0. The Kier molecular flexibility index (Phi) is 76.4. The maximum atomic E-state index is 12.9. The minimum atomic E-state index is -4.66. The first-order valence-electron chi connectivity index (χ1n) is 41.5. The van der Waals surface area contributed by atoms with Gasteiger partial charge in [0.25, 0.3) is 7.82 Å². The third-order valence-electron chi connectivity index (χ3n) is 17.4. The Bertz CT molecular complexity index is 2390. The van der Waals surface area contributed by atoms with Crippen LogP contribution in [0.2, 0.25) is 0 Å². The number of phosphoric ester groups is 1. The largest absolute Gasteiger partial charge is 0.756 e. The maximum absolute atomic E-state index is 12.9. The van der Waals surface area contributed by atoms with Crippen molar-refractivity contribution in [3.63, 3.8) is 0 Å². The molecule has 0 bridgehead atoms. The molecule has 0 aliphatic heterocycles. The summed E-state index contributed by atoms with van der Waals surface area (Å²) in [6.45, 7) is 4.02. The van der Waals surface area contributed by atoms with Crippen molar-refractivity contribution in [3.8, 4) is 0 Å². The molecule has 0 rings (SSSR count). The van der Waals surface area contributed by atoms with E-state index in [1.54, 1.807) is 0 Å². The zero-order chi connectivity index (χ0) is 74.0. The van der Waals surface area contributed by atoms with Crippen LogP contribution in [0.25, 0.3) is 0 Å². The molecular weight excluding hydrogens is 1280 g/mol. The Morgan fingerprint density at radius 3 is 0.784 bits per heavy atom. The average Bonchev–Trinajstić information content (AvgIpc) is 0.914. The van der Waals surface area contributed by atoms with Gasteiger partial charge in [-0.1, -0.05) is 369 Å². The van der Waals surface area contributed by atoms with Crippen LogP contribution in [0.1, 0.15) is 335 Å². The van der Waals surface area contributed by atoms with Gasteiger partial charge in [-0.25, -0.2) is 0 Å². The molecule has 0 amide bonds. The lowest BCUT2D eigenvalue weighted by molar-refractivity contribution is -0.870. The molecule has 0 saturated carbocycles. The van der Waals surface area contributed by atoms with Gasteiger partial charge in [-0.2, -0.15) is 0 Å². The molecule has 0 spiro atoms. The second-order valence-electron chi connectivity index (χ2n) is 28.4. The highest BCUT2D eigenvalue weighted by molar-refractivity contribution is 7.45. The molecule has 2 atom stereocenters. The standard InChI is InChI=1S/C92H154NO8P/c1-6-8-10-12-14-16-18-20-22-24-26-28-30-32-34-36-38-40-42-44-46-48-50-52-54-56-58-60-62-64-66-68-70-72-74-76-78-80-82-84-91(94)98-88-90(89-100-102(96,97)99-87-86-93(3,4)5)101-92(95)85-83-81-79-77-75-73-71-69-67-65-63-61-59-57-55-53-51-49-47-45-43-41-39-37-35-33-31-29-27-25-23-21-19-17-15-13-11-9-7-2/h8-11,14-17,20-23,26-29,32-35,38-41,45,47,51,53,57,59,90H,6-7,12-13,18-19,24-25,30-31,36-37,42-44,46,48-50,52,54-56,58,60-89H2,1-5H3/b10-8-,11-9-,16-14-,17-15-,22-20-,23-21-,28-26-,29-27-,34-32-,35-33-,40-38-,41-39-,47-45-,53-51-,59-57-. The number of phosphoric acid groups is 1. The van der Waals surface area contributed by atoms with Crippen molar-refractivity contribution in [2.24, 2.45) is 0 Å². The second-order valence-corrected chi connectivity index (χ2v) is 29.8. The first-order valence-corrected chi connectivity index (χ1v) is 43.0. The topological polar surface area (TPSA) is 111 Å². The molecule has 0 saturated heterocycles. The van der Waals surface area contributed by atoms with Gasteiger partial charge in [0.15, 0.2) is 6.10 Å². The maximum Gasteiger partial charge on any atom is 0.306 e. The van der Waals surface area contributed by atoms with Gasteiger partial charge >= 0.3 is 11.9 Å². The van der Waals surface area contributed by atoms with Crippen LogP contribution in [-0.4, -0.2) is 70.0 Å². The van der Waals surface area contributed by atoms with Crippen molar-refractivity contribution in [2.45, 2.75) is 341 Å². The van der Waals surface area contributed by atoms with E-state index in [2.05, 4.69) is 196 Å². The summed E-state index contributed by atoms with van der Waals surface area (Å²) in [6.07, 6.45) is 123. The lowest BCUT2D eigenvalue weighted by Gasteiger charge is -2.28. The quantitative estimate of drug-likeness (QED) is 0.0195. The Morgan fingerprint density at radius 1 is 0.304 bits per heavy atom. The highest BCUT2D eigenvalue weighted by Gasteiger charge is 2.22. The molecule has 102 heavy (non-hydrogen) atoms. The number of hydrogen-bond donors (Lipinski definition) is 0. The molecule has 0 N–H and O–H groups in total. The second kappa shape index (κ2) is 80.2. The van der Waals surface area contributed by atoms with E-state index < -0.39 is 26.5 Å². The lowest BCUT2D eigenvalue weighted by Crippen LogP contribution is -2.37. The van der Waals surface area contributed by atoms with Gasteiger partial charge in [0.1, 0.15) is 19.8 Å². The Morgan fingerprint density at radius 2 is 0.529 bits per heavy atom. The van der Waals surface area contributed by atoms with E-state index in [4.69, 9.17) is 18.5 Å². The van der Waals surface area contributed by atoms with Gasteiger partial charge < -0.3 is 27.9 Å². The van der Waals surface area contributed by atoms with Crippen molar-refractivity contribution >= 4 is 19.8 Å². The van der Waals surface area contributed by atoms with Crippen LogP contribution in [-0.2, 0) is 32.7 Å². The van der Waals surface area contributed by atoms with E-state index >= 15 is 0 Å². The number of unbranched alkanes of at least 4 members (excludes halogenated alkanes) is 31. The van der Waals surface area contributed by atoms with E-state index in [0.717, 1.165) is 141 Å². The number of carbonyl (C=O) groups excluding carboxylic acids is 2. The lowest BCUT2D eigenvalue weighted by atomic mass is 10.0. The fourth-order valence-electron chi connectivity index (χ4n) is 11.2. The molecule has 10 heteroatoms. The Balaban J connectivity index is 4.00.